The highest BCUT2D eigenvalue weighted by molar-refractivity contribution is 8.44. The summed E-state index contributed by atoms with van der Waals surface area (Å²) in [6.07, 6.45) is -1.13. The molecule has 0 aromatic heterocycles. The highest BCUT2D eigenvalue weighted by atomic mass is 32.7. The lowest BCUT2D eigenvalue weighted by Crippen LogP contribution is -2.17. The molecular formula is C3H9O5PS. The molecule has 0 spiro atoms. The third kappa shape index (κ3) is 6.54. The molecule has 0 fully saturated rings. The second-order valence-corrected chi connectivity index (χ2v) is 4.38. The molecule has 2 atom stereocenters. The summed E-state index contributed by atoms with van der Waals surface area (Å²) in [7, 11) is 0. The van der Waals surface area contributed by atoms with Crippen LogP contribution in [-0.4, -0.2) is 34.4 Å². The molecule has 0 aromatic carbocycles. The van der Waals surface area contributed by atoms with Gasteiger partial charge in [-0.2, -0.15) is 0 Å². The van der Waals surface area contributed by atoms with E-state index in [-0.39, 0.29) is 0 Å². The third-order valence-corrected chi connectivity index (χ3v) is 1.48. The molecule has 2 unspecified atom stereocenters. The number of thiol groups is 1. The number of hydrogen-bond acceptors (Lipinski definition) is 4. The van der Waals surface area contributed by atoms with Gasteiger partial charge in [-0.15, -0.1) is 0 Å². The summed E-state index contributed by atoms with van der Waals surface area (Å²) < 4.78 is 14.4. The molecule has 0 aliphatic heterocycles. The van der Waals surface area contributed by atoms with Crippen LogP contribution in [0, 0.1) is 0 Å². The Morgan fingerprint density at radius 1 is 1.70 bits per heavy atom. The van der Waals surface area contributed by atoms with Crippen molar-refractivity contribution < 1.29 is 24.2 Å². The van der Waals surface area contributed by atoms with Crippen molar-refractivity contribution in [2.75, 3.05) is 13.2 Å². The number of rotatable bonds is 4. The van der Waals surface area contributed by atoms with Gasteiger partial charge in [-0.25, -0.2) is 4.57 Å². The van der Waals surface area contributed by atoms with E-state index in [1.165, 1.54) is 0 Å². The minimum atomic E-state index is -3.81. The van der Waals surface area contributed by atoms with Crippen LogP contribution in [0.3, 0.4) is 0 Å². The lowest BCUT2D eigenvalue weighted by atomic mass is 10.4. The van der Waals surface area contributed by atoms with E-state index in [0.29, 0.717) is 0 Å². The molecule has 0 aliphatic carbocycles. The van der Waals surface area contributed by atoms with Crippen molar-refractivity contribution in [3.8, 4) is 0 Å². The molecule has 5 nitrogen and oxygen atoms in total. The molecular weight excluding hydrogens is 179 g/mol. The Bertz CT molecular complexity index is 133. The second kappa shape index (κ2) is 4.33. The van der Waals surface area contributed by atoms with Gasteiger partial charge in [0.25, 0.3) is 0 Å². The summed E-state index contributed by atoms with van der Waals surface area (Å²) in [4.78, 5) is 8.37. The van der Waals surface area contributed by atoms with Crippen LogP contribution in [0.25, 0.3) is 0 Å². The molecule has 0 aliphatic rings. The van der Waals surface area contributed by atoms with Crippen molar-refractivity contribution in [3.05, 3.63) is 0 Å². The maximum atomic E-state index is 10.2. The normalized spacial score (nSPS) is 20.0. The molecule has 10 heavy (non-hydrogen) atoms. The molecule has 7 heteroatoms. The van der Waals surface area contributed by atoms with E-state index in [1.807, 2.05) is 0 Å². The fourth-order valence-corrected chi connectivity index (χ4v) is 0.802. The van der Waals surface area contributed by atoms with Crippen LogP contribution in [0.2, 0.25) is 0 Å². The lowest BCUT2D eigenvalue weighted by molar-refractivity contribution is 0.0517. The first-order valence-corrected chi connectivity index (χ1v) is 5.18. The van der Waals surface area contributed by atoms with Crippen molar-refractivity contribution in [2.24, 2.45) is 0 Å². The van der Waals surface area contributed by atoms with E-state index >= 15 is 0 Å². The number of aliphatic hydroxyl groups excluding tert-OH is 2. The average molecular weight is 188 g/mol. The summed E-state index contributed by atoms with van der Waals surface area (Å²) in [5.74, 6) is 0. The molecule has 0 saturated heterocycles. The van der Waals surface area contributed by atoms with Crippen molar-refractivity contribution >= 4 is 19.0 Å². The van der Waals surface area contributed by atoms with Crippen LogP contribution in [0.4, 0.5) is 0 Å². The van der Waals surface area contributed by atoms with E-state index < -0.39 is 26.1 Å². The highest BCUT2D eigenvalue weighted by Crippen LogP contribution is 2.46. The van der Waals surface area contributed by atoms with Crippen LogP contribution in [0.1, 0.15) is 0 Å². The zero-order valence-corrected chi connectivity index (χ0v) is 6.83. The lowest BCUT2D eigenvalue weighted by Gasteiger charge is -2.08. The van der Waals surface area contributed by atoms with Crippen LogP contribution >= 0.6 is 19.0 Å². The maximum absolute atomic E-state index is 10.2. The highest BCUT2D eigenvalue weighted by Gasteiger charge is 2.13. The van der Waals surface area contributed by atoms with Crippen LogP contribution in [0.15, 0.2) is 0 Å². The first kappa shape index (κ1) is 10.4. The van der Waals surface area contributed by atoms with Crippen LogP contribution in [0.5, 0.6) is 0 Å². The topological polar surface area (TPSA) is 87.0 Å². The van der Waals surface area contributed by atoms with Gasteiger partial charge in [-0.3, -0.25) is 4.52 Å². The Kier molecular flexibility index (Phi) is 4.51. The maximum Gasteiger partial charge on any atom is 0.383 e. The predicted octanol–water partition coefficient (Wildman–Crippen LogP) is -0.614. The Hall–Kier alpha value is 0.420. The molecule has 0 amide bonds. The zero-order chi connectivity index (χ0) is 8.20. The summed E-state index contributed by atoms with van der Waals surface area (Å²) in [5.41, 5.74) is 0. The quantitative estimate of drug-likeness (QED) is 0.349. The van der Waals surface area contributed by atoms with Crippen molar-refractivity contribution in [3.63, 3.8) is 0 Å². The molecule has 3 N–H and O–H groups in total. The van der Waals surface area contributed by atoms with Gasteiger partial charge in [-0.1, -0.05) is 12.2 Å². The average Bonchev–Trinajstić information content (AvgIpc) is 1.81. The Balaban J connectivity index is 3.46. The first-order valence-electron chi connectivity index (χ1n) is 2.44. The molecule has 0 bridgehead atoms. The Morgan fingerprint density at radius 3 is 2.50 bits per heavy atom. The number of aliphatic hydroxyl groups is 2. The van der Waals surface area contributed by atoms with E-state index in [1.54, 1.807) is 0 Å². The van der Waals surface area contributed by atoms with Crippen molar-refractivity contribution in [2.45, 2.75) is 6.10 Å². The summed E-state index contributed by atoms with van der Waals surface area (Å²) in [5, 5.41) is 16.8. The SMILES string of the molecule is O=P(O)(S)OCC(O)CO. The fourth-order valence-electron chi connectivity index (χ4n) is 0.236. The summed E-state index contributed by atoms with van der Waals surface area (Å²) in [6, 6.07) is 0. The van der Waals surface area contributed by atoms with E-state index in [2.05, 4.69) is 16.8 Å². The molecule has 0 aromatic rings. The van der Waals surface area contributed by atoms with Crippen LogP contribution < -0.4 is 0 Å². The smallest absolute Gasteiger partial charge is 0.383 e. The number of hydrogen-bond donors (Lipinski definition) is 4. The van der Waals surface area contributed by atoms with Gasteiger partial charge in [0.15, 0.2) is 0 Å². The minimum Gasteiger partial charge on any atom is -0.394 e. The van der Waals surface area contributed by atoms with Gasteiger partial charge in [0.05, 0.1) is 13.2 Å². The van der Waals surface area contributed by atoms with Crippen LogP contribution in [-0.2, 0) is 9.09 Å². The summed E-state index contributed by atoms with van der Waals surface area (Å²) in [6.45, 7) is -4.71. The standard InChI is InChI=1S/C3H9O5PS/c4-1-3(5)2-8-9(6,7)10/h3-5H,1-2H2,(H2,6,7,10). The predicted molar refractivity (Wildman–Crippen MR) is 37.9 cm³/mol. The van der Waals surface area contributed by atoms with E-state index in [9.17, 15) is 4.57 Å². The van der Waals surface area contributed by atoms with Gasteiger partial charge >= 0.3 is 6.80 Å². The summed E-state index contributed by atoms with van der Waals surface area (Å²) >= 11 is 3.16. The van der Waals surface area contributed by atoms with E-state index in [0.717, 1.165) is 0 Å². The zero-order valence-electron chi connectivity index (χ0n) is 5.04. The Morgan fingerprint density at radius 2 is 2.20 bits per heavy atom. The molecule has 0 rings (SSSR count). The van der Waals surface area contributed by atoms with Crippen molar-refractivity contribution in [1.82, 2.24) is 0 Å². The largest absolute Gasteiger partial charge is 0.394 e. The van der Waals surface area contributed by atoms with Gasteiger partial charge in [-0.05, 0) is 0 Å². The van der Waals surface area contributed by atoms with Gasteiger partial charge < -0.3 is 15.1 Å². The molecule has 0 saturated carbocycles. The van der Waals surface area contributed by atoms with Gasteiger partial charge in [0, 0.05) is 0 Å². The van der Waals surface area contributed by atoms with Gasteiger partial charge in [0.1, 0.15) is 6.10 Å². The monoisotopic (exact) mass is 188 g/mol. The van der Waals surface area contributed by atoms with E-state index in [4.69, 9.17) is 15.1 Å². The van der Waals surface area contributed by atoms with Gasteiger partial charge in [0.2, 0.25) is 0 Å². The first-order chi connectivity index (χ1) is 4.45. The Labute approximate surface area is 63.3 Å². The van der Waals surface area contributed by atoms with Crippen molar-refractivity contribution in [1.29, 1.82) is 0 Å². The minimum absolute atomic E-state index is 0.395. The third-order valence-electron chi connectivity index (χ3n) is 0.646. The molecule has 0 heterocycles. The molecule has 0 radical (unpaired) electrons. The second-order valence-electron chi connectivity index (χ2n) is 1.62. The fraction of sp³-hybridized carbons (Fsp3) is 1.00. The molecule has 62 valence electrons.